The molecule has 0 aliphatic heterocycles. The van der Waals surface area contributed by atoms with Gasteiger partial charge in [-0.1, -0.05) is 212 Å². The van der Waals surface area contributed by atoms with Gasteiger partial charge in [-0.15, -0.1) is 0 Å². The van der Waals surface area contributed by atoms with Crippen molar-refractivity contribution < 1.29 is 28.6 Å². The van der Waals surface area contributed by atoms with Gasteiger partial charge in [0, 0.05) is 12.8 Å². The average Bonchev–Trinajstić information content (AvgIpc) is 3.34. The number of hydrogen-bond acceptors (Lipinski definition) is 6. The Bertz CT molecular complexity index is 1540. The molecule has 0 bridgehead atoms. The second-order valence-corrected chi connectivity index (χ2v) is 17.0. The highest BCUT2D eigenvalue weighted by atomic mass is 16.6. The Balaban J connectivity index is 4.60. The molecule has 0 aliphatic carbocycles. The van der Waals surface area contributed by atoms with Gasteiger partial charge in [0.15, 0.2) is 6.10 Å². The van der Waals surface area contributed by atoms with E-state index in [1.54, 1.807) is 6.08 Å². The highest BCUT2D eigenvalue weighted by Gasteiger charge is 2.19. The first kappa shape index (κ1) is 63.3. The summed E-state index contributed by atoms with van der Waals surface area (Å²) in [6.07, 6.45) is 78.6. The van der Waals surface area contributed by atoms with Crippen LogP contribution in [0.4, 0.5) is 0 Å². The molecule has 0 saturated heterocycles. The molecule has 0 aromatic heterocycles. The molecule has 6 nitrogen and oxygen atoms in total. The van der Waals surface area contributed by atoms with Gasteiger partial charge in [-0.2, -0.15) is 0 Å². The number of allylic oxidation sites excluding steroid dienone is 23. The van der Waals surface area contributed by atoms with Crippen molar-refractivity contribution in [1.82, 2.24) is 0 Å². The van der Waals surface area contributed by atoms with Gasteiger partial charge in [0.25, 0.3) is 0 Å². The maximum atomic E-state index is 12.8. The Morgan fingerprint density at radius 1 is 0.324 bits per heavy atom. The van der Waals surface area contributed by atoms with Gasteiger partial charge in [-0.3, -0.25) is 14.4 Å². The molecule has 0 spiro atoms. The van der Waals surface area contributed by atoms with Crippen LogP contribution in [0.25, 0.3) is 0 Å². The molecule has 0 heterocycles. The van der Waals surface area contributed by atoms with Crippen LogP contribution in [-0.4, -0.2) is 37.2 Å². The van der Waals surface area contributed by atoms with E-state index in [9.17, 15) is 14.4 Å². The van der Waals surface area contributed by atoms with E-state index in [0.29, 0.717) is 19.3 Å². The fraction of sp³-hybridized carbons (Fsp3) is 0.565. The molecule has 6 heteroatoms. The summed E-state index contributed by atoms with van der Waals surface area (Å²) in [4.78, 5) is 38.0. The van der Waals surface area contributed by atoms with E-state index in [2.05, 4.69) is 154 Å². The van der Waals surface area contributed by atoms with E-state index in [1.165, 1.54) is 44.9 Å². The van der Waals surface area contributed by atoms with Crippen molar-refractivity contribution in [2.24, 2.45) is 0 Å². The van der Waals surface area contributed by atoms with Gasteiger partial charge < -0.3 is 14.2 Å². The summed E-state index contributed by atoms with van der Waals surface area (Å²) in [5.41, 5.74) is 0. The fourth-order valence-corrected chi connectivity index (χ4v) is 6.63. The lowest BCUT2D eigenvalue weighted by Gasteiger charge is -2.18. The van der Waals surface area contributed by atoms with Gasteiger partial charge in [0.1, 0.15) is 13.2 Å². The van der Waals surface area contributed by atoms with Crippen LogP contribution in [0.5, 0.6) is 0 Å². The predicted octanol–water partition coefficient (Wildman–Crippen LogP) is 18.0. The smallest absolute Gasteiger partial charge is 0.310 e. The van der Waals surface area contributed by atoms with Gasteiger partial charge >= 0.3 is 17.9 Å². The maximum absolute atomic E-state index is 12.8. The third-order valence-electron chi connectivity index (χ3n) is 10.6. The number of ether oxygens (including phenoxy) is 3. The zero-order valence-corrected chi connectivity index (χ0v) is 43.3. The lowest BCUT2D eigenvalue weighted by Crippen LogP contribution is -2.30. The van der Waals surface area contributed by atoms with E-state index in [4.69, 9.17) is 14.2 Å². The summed E-state index contributed by atoms with van der Waals surface area (Å²) in [5.74, 6) is -1.14. The van der Waals surface area contributed by atoms with Crippen LogP contribution < -0.4 is 0 Å². The Labute approximate surface area is 417 Å². The van der Waals surface area contributed by atoms with Crippen LogP contribution in [0.3, 0.4) is 0 Å². The van der Waals surface area contributed by atoms with E-state index < -0.39 is 12.1 Å². The number of hydrogen-bond donors (Lipinski definition) is 0. The molecule has 0 N–H and O–H groups in total. The first-order valence-electron chi connectivity index (χ1n) is 26.8. The van der Waals surface area contributed by atoms with Crippen LogP contribution in [0.1, 0.15) is 207 Å². The maximum Gasteiger partial charge on any atom is 0.310 e. The molecule has 0 aromatic rings. The van der Waals surface area contributed by atoms with Gasteiger partial charge in [0.2, 0.25) is 0 Å². The lowest BCUT2D eigenvalue weighted by atomic mass is 10.1. The van der Waals surface area contributed by atoms with Crippen molar-refractivity contribution in [3.05, 3.63) is 146 Å². The minimum atomic E-state index is -0.860. The second kappa shape index (κ2) is 54.9. The molecule has 0 rings (SSSR count). The van der Waals surface area contributed by atoms with E-state index >= 15 is 0 Å². The predicted molar refractivity (Wildman–Crippen MR) is 292 cm³/mol. The molecular formula is C62H96O6. The van der Waals surface area contributed by atoms with E-state index in [1.807, 2.05) is 6.08 Å². The normalized spacial score (nSPS) is 13.3. The van der Waals surface area contributed by atoms with Crippen molar-refractivity contribution in [2.75, 3.05) is 13.2 Å². The van der Waals surface area contributed by atoms with E-state index in [0.717, 1.165) is 109 Å². The first-order valence-corrected chi connectivity index (χ1v) is 26.8. The molecule has 0 fully saturated rings. The number of rotatable bonds is 46. The summed E-state index contributed by atoms with van der Waals surface area (Å²) in [7, 11) is 0. The van der Waals surface area contributed by atoms with Crippen molar-refractivity contribution in [3.8, 4) is 0 Å². The van der Waals surface area contributed by atoms with Crippen molar-refractivity contribution in [3.63, 3.8) is 0 Å². The van der Waals surface area contributed by atoms with Crippen LogP contribution in [0.15, 0.2) is 146 Å². The Morgan fingerprint density at radius 3 is 1.01 bits per heavy atom. The van der Waals surface area contributed by atoms with Crippen LogP contribution in [-0.2, 0) is 28.6 Å². The van der Waals surface area contributed by atoms with Crippen LogP contribution in [0, 0.1) is 0 Å². The third kappa shape index (κ3) is 52.3. The third-order valence-corrected chi connectivity index (χ3v) is 10.6. The molecule has 0 saturated carbocycles. The second-order valence-electron chi connectivity index (χ2n) is 17.0. The van der Waals surface area contributed by atoms with E-state index in [-0.39, 0.29) is 38.0 Å². The summed E-state index contributed by atoms with van der Waals surface area (Å²) in [5, 5.41) is 0. The Morgan fingerprint density at radius 2 is 0.618 bits per heavy atom. The minimum Gasteiger partial charge on any atom is -0.462 e. The highest BCUT2D eigenvalue weighted by molar-refractivity contribution is 5.72. The van der Waals surface area contributed by atoms with Crippen LogP contribution >= 0.6 is 0 Å². The summed E-state index contributed by atoms with van der Waals surface area (Å²) < 4.78 is 16.7. The molecule has 0 aromatic carbocycles. The molecule has 0 amide bonds. The minimum absolute atomic E-state index is 0.0787. The molecule has 0 aliphatic rings. The Kier molecular flexibility index (Phi) is 51.1. The van der Waals surface area contributed by atoms with Crippen molar-refractivity contribution in [2.45, 2.75) is 213 Å². The molecule has 0 radical (unpaired) electrons. The van der Waals surface area contributed by atoms with Gasteiger partial charge in [-0.05, 0) is 122 Å². The fourth-order valence-electron chi connectivity index (χ4n) is 6.63. The zero-order valence-electron chi connectivity index (χ0n) is 43.3. The molecule has 1 unspecified atom stereocenters. The number of unbranched alkanes of at least 4 members (excludes halogenated alkanes) is 12. The van der Waals surface area contributed by atoms with Crippen molar-refractivity contribution in [1.29, 1.82) is 0 Å². The number of esters is 3. The SMILES string of the molecule is CC/C=C\C/C=C\C/C=C\C/C=C\C/C=C\C/C=C\CCCCC(=O)OCC(COC(=O)CCCCCCC/C=C\CCCCCCC)OC(=O)C/C=C\C/C=C\C/C=C\C/C=C\C/C=C\CC. The molecule has 68 heavy (non-hydrogen) atoms. The Hall–Kier alpha value is -4.71. The van der Waals surface area contributed by atoms with Crippen LogP contribution in [0.2, 0.25) is 0 Å². The summed E-state index contributed by atoms with van der Waals surface area (Å²) >= 11 is 0. The number of carbonyl (C=O) groups is 3. The monoisotopic (exact) mass is 937 g/mol. The van der Waals surface area contributed by atoms with Crippen molar-refractivity contribution >= 4 is 17.9 Å². The molecule has 1 atom stereocenters. The van der Waals surface area contributed by atoms with Gasteiger partial charge in [0.05, 0.1) is 6.42 Å². The first-order chi connectivity index (χ1) is 33.5. The van der Waals surface area contributed by atoms with Gasteiger partial charge in [-0.25, -0.2) is 0 Å². The quantitative estimate of drug-likeness (QED) is 0.0262. The number of carbonyl (C=O) groups excluding carboxylic acids is 3. The standard InChI is InChI=1S/C62H96O6/c1-4-7-10-13-16-19-22-25-28-29-30-31-32-33-35-37-40-43-46-49-52-55-61(64)67-58-59(57-66-60(63)54-51-48-45-42-39-36-27-24-21-18-15-12-9-6-3)68-62(65)56-53-50-47-44-41-38-34-26-23-20-17-14-11-8-5-2/h7-8,10-11,16-17,19-20,24-28,30-31,33-35,40-41,43-44,50,53,59H,4-6,9,12-15,18,21-23,29,32,36-39,42,45-49,51-52,54-58H2,1-3H3/b10-7-,11-8-,19-16-,20-17-,27-24-,28-25-,31-30-,34-26-,35-33-,43-40-,44-41-,53-50-. The average molecular weight is 937 g/mol. The topological polar surface area (TPSA) is 78.9 Å². The highest BCUT2D eigenvalue weighted by Crippen LogP contribution is 2.11. The molecule has 380 valence electrons. The molecular weight excluding hydrogens is 841 g/mol. The summed E-state index contributed by atoms with van der Waals surface area (Å²) in [6, 6.07) is 0. The lowest BCUT2D eigenvalue weighted by molar-refractivity contribution is -0.166. The largest absolute Gasteiger partial charge is 0.462 e. The summed E-state index contributed by atoms with van der Waals surface area (Å²) in [6.45, 7) is 6.25. The zero-order chi connectivity index (χ0) is 49.3.